The lowest BCUT2D eigenvalue weighted by Crippen LogP contribution is -2.39. The van der Waals surface area contributed by atoms with E-state index in [2.05, 4.69) is 57.4 Å². The lowest BCUT2D eigenvalue weighted by molar-refractivity contribution is 0.529. The van der Waals surface area contributed by atoms with Gasteiger partial charge in [0.05, 0.1) is 15.8 Å². The van der Waals surface area contributed by atoms with Crippen LogP contribution in [-0.2, 0) is 16.3 Å². The van der Waals surface area contributed by atoms with E-state index in [-0.39, 0.29) is 5.25 Å². The van der Waals surface area contributed by atoms with Crippen molar-refractivity contribution in [2.24, 2.45) is 0 Å². The van der Waals surface area contributed by atoms with Crippen molar-refractivity contribution in [2.75, 3.05) is 18.0 Å². The average Bonchev–Trinajstić information content (AvgIpc) is 3.24. The van der Waals surface area contributed by atoms with E-state index >= 15 is 0 Å². The zero-order valence-corrected chi connectivity index (χ0v) is 19.4. The fourth-order valence-electron chi connectivity index (χ4n) is 3.63. The zero-order chi connectivity index (χ0) is 20.4. The van der Waals surface area contributed by atoms with Gasteiger partial charge in [0.1, 0.15) is 0 Å². The maximum absolute atomic E-state index is 12.9. The Morgan fingerprint density at radius 3 is 2.34 bits per heavy atom. The summed E-state index contributed by atoms with van der Waals surface area (Å²) in [6.07, 6.45) is 2.28. The molecule has 2 aromatic carbocycles. The molecule has 0 saturated carbocycles. The minimum atomic E-state index is -3.29. The summed E-state index contributed by atoms with van der Waals surface area (Å²) in [6.45, 7) is 3.57. The highest BCUT2D eigenvalue weighted by Gasteiger charge is 2.32. The third kappa shape index (κ3) is 4.42. The lowest BCUT2D eigenvalue weighted by atomic mass is 10.1. The Morgan fingerprint density at radius 1 is 1.07 bits per heavy atom. The molecule has 152 valence electrons. The van der Waals surface area contributed by atoms with Crippen LogP contribution in [-0.4, -0.2) is 31.7 Å². The number of halogens is 1. The number of piperidine rings is 1. The minimum absolute atomic E-state index is 0.332. The van der Waals surface area contributed by atoms with Crippen LogP contribution in [0.5, 0.6) is 0 Å². The molecular formula is C22H23BrN2O2S2. The summed E-state index contributed by atoms with van der Waals surface area (Å²) in [5.74, 6) is 0. The van der Waals surface area contributed by atoms with Crippen LogP contribution in [0.25, 0.3) is 11.3 Å². The second-order valence-electron chi connectivity index (χ2n) is 7.25. The van der Waals surface area contributed by atoms with E-state index in [0.717, 1.165) is 27.3 Å². The molecule has 4 nitrogen and oxygen atoms in total. The summed E-state index contributed by atoms with van der Waals surface area (Å²) in [5.41, 5.74) is 3.42. The second-order valence-corrected chi connectivity index (χ2v) is 11.2. The van der Waals surface area contributed by atoms with Crippen molar-refractivity contribution in [3.63, 3.8) is 0 Å². The quantitative estimate of drug-likeness (QED) is 0.468. The lowest BCUT2D eigenvalue weighted by Gasteiger charge is -2.31. The molecule has 0 bridgehead atoms. The molecule has 4 rings (SSSR count). The van der Waals surface area contributed by atoms with Gasteiger partial charge in [-0.2, -0.15) is 0 Å². The van der Waals surface area contributed by atoms with Gasteiger partial charge in [0.2, 0.25) is 0 Å². The summed E-state index contributed by atoms with van der Waals surface area (Å²) < 4.78 is 26.8. The standard InChI is InChI=1S/C22H23BrN2O2S2/c1-2-16-3-5-17(6-4-16)21-15-28-22(24-21)25-13-11-20(12-14-25)29(26,27)19-9-7-18(23)8-10-19/h3-10,15,20H,2,11-14H2,1H3. The Labute approximate surface area is 184 Å². The van der Waals surface area contributed by atoms with Crippen LogP contribution < -0.4 is 4.90 Å². The maximum Gasteiger partial charge on any atom is 0.185 e. The summed E-state index contributed by atoms with van der Waals surface area (Å²) in [7, 11) is -3.29. The van der Waals surface area contributed by atoms with Gasteiger partial charge >= 0.3 is 0 Å². The Kier molecular flexibility index (Phi) is 6.08. The molecule has 0 unspecified atom stereocenters. The van der Waals surface area contributed by atoms with Gasteiger partial charge in [-0.3, -0.25) is 0 Å². The van der Waals surface area contributed by atoms with Crippen molar-refractivity contribution < 1.29 is 8.42 Å². The number of hydrogen-bond donors (Lipinski definition) is 0. The van der Waals surface area contributed by atoms with Gasteiger partial charge in [-0.1, -0.05) is 47.1 Å². The molecule has 2 heterocycles. The van der Waals surface area contributed by atoms with E-state index in [1.807, 2.05) is 0 Å². The van der Waals surface area contributed by atoms with Crippen LogP contribution in [0.2, 0.25) is 0 Å². The van der Waals surface area contributed by atoms with Crippen molar-refractivity contribution >= 4 is 42.2 Å². The number of anilines is 1. The molecule has 0 radical (unpaired) electrons. The van der Waals surface area contributed by atoms with Crippen LogP contribution in [0.15, 0.2) is 63.3 Å². The van der Waals surface area contributed by atoms with Gasteiger partial charge in [-0.15, -0.1) is 11.3 Å². The molecule has 0 aliphatic carbocycles. The Hall–Kier alpha value is -1.70. The van der Waals surface area contributed by atoms with Gasteiger partial charge in [0.25, 0.3) is 0 Å². The van der Waals surface area contributed by atoms with Crippen LogP contribution in [0, 0.1) is 0 Å². The third-order valence-corrected chi connectivity index (χ3v) is 9.15. The molecule has 1 saturated heterocycles. The largest absolute Gasteiger partial charge is 0.348 e. The fraction of sp³-hybridized carbons (Fsp3) is 0.318. The number of nitrogens with zero attached hydrogens (tertiary/aromatic N) is 2. The summed E-state index contributed by atoms with van der Waals surface area (Å²) >= 11 is 4.99. The SMILES string of the molecule is CCc1ccc(-c2csc(N3CCC(S(=O)(=O)c4ccc(Br)cc4)CC3)n2)cc1. The number of aromatic nitrogens is 1. The number of thiazole rings is 1. The van der Waals surface area contributed by atoms with Crippen LogP contribution in [0.3, 0.4) is 0 Å². The number of hydrogen-bond acceptors (Lipinski definition) is 5. The molecule has 0 amide bonds. The molecule has 1 aliphatic rings. The van der Waals surface area contributed by atoms with Gasteiger partial charge in [0, 0.05) is 28.5 Å². The van der Waals surface area contributed by atoms with E-state index < -0.39 is 9.84 Å². The Morgan fingerprint density at radius 2 is 1.72 bits per heavy atom. The molecule has 0 atom stereocenters. The fourth-order valence-corrected chi connectivity index (χ4v) is 6.51. The molecule has 1 aromatic heterocycles. The molecule has 0 spiro atoms. The number of benzene rings is 2. The first-order valence-corrected chi connectivity index (χ1v) is 13.0. The summed E-state index contributed by atoms with van der Waals surface area (Å²) in [5, 5.41) is 2.72. The van der Waals surface area contributed by atoms with E-state index in [1.54, 1.807) is 35.6 Å². The summed E-state index contributed by atoms with van der Waals surface area (Å²) in [4.78, 5) is 7.42. The van der Waals surface area contributed by atoms with Gasteiger partial charge in [-0.25, -0.2) is 13.4 Å². The zero-order valence-electron chi connectivity index (χ0n) is 16.2. The topological polar surface area (TPSA) is 50.3 Å². The normalized spacial score (nSPS) is 15.6. The van der Waals surface area contributed by atoms with Crippen molar-refractivity contribution in [3.05, 3.63) is 63.9 Å². The highest BCUT2D eigenvalue weighted by Crippen LogP contribution is 2.32. The number of rotatable bonds is 5. The Balaban J connectivity index is 1.43. The van der Waals surface area contributed by atoms with Gasteiger partial charge < -0.3 is 4.90 Å². The molecule has 7 heteroatoms. The van der Waals surface area contributed by atoms with Crippen molar-refractivity contribution in [2.45, 2.75) is 36.3 Å². The monoisotopic (exact) mass is 490 g/mol. The van der Waals surface area contributed by atoms with E-state index in [4.69, 9.17) is 4.98 Å². The maximum atomic E-state index is 12.9. The molecule has 29 heavy (non-hydrogen) atoms. The molecular weight excluding hydrogens is 468 g/mol. The molecule has 3 aromatic rings. The Bertz CT molecular complexity index is 1070. The van der Waals surface area contributed by atoms with Crippen molar-refractivity contribution in [3.8, 4) is 11.3 Å². The first kappa shape index (κ1) is 20.6. The van der Waals surface area contributed by atoms with Gasteiger partial charge in [0.15, 0.2) is 15.0 Å². The second kappa shape index (κ2) is 8.58. The minimum Gasteiger partial charge on any atom is -0.348 e. The molecule has 0 N–H and O–H groups in total. The van der Waals surface area contributed by atoms with Crippen LogP contribution in [0.4, 0.5) is 5.13 Å². The number of sulfone groups is 1. The highest BCUT2D eigenvalue weighted by molar-refractivity contribution is 9.10. The van der Waals surface area contributed by atoms with Crippen LogP contribution in [0.1, 0.15) is 25.3 Å². The van der Waals surface area contributed by atoms with E-state index in [0.29, 0.717) is 30.8 Å². The van der Waals surface area contributed by atoms with E-state index in [1.165, 1.54) is 5.56 Å². The first-order chi connectivity index (χ1) is 14.0. The van der Waals surface area contributed by atoms with Crippen molar-refractivity contribution in [1.82, 2.24) is 4.98 Å². The van der Waals surface area contributed by atoms with E-state index in [9.17, 15) is 8.42 Å². The van der Waals surface area contributed by atoms with Crippen LogP contribution >= 0.6 is 27.3 Å². The predicted molar refractivity (Wildman–Crippen MR) is 123 cm³/mol. The number of aryl methyl sites for hydroxylation is 1. The summed E-state index contributed by atoms with van der Waals surface area (Å²) in [6, 6.07) is 15.5. The average molecular weight is 491 g/mol. The smallest absolute Gasteiger partial charge is 0.185 e. The predicted octanol–water partition coefficient (Wildman–Crippen LogP) is 5.58. The molecule has 1 aliphatic heterocycles. The third-order valence-electron chi connectivity index (χ3n) is 5.44. The van der Waals surface area contributed by atoms with Crippen molar-refractivity contribution in [1.29, 1.82) is 0 Å². The first-order valence-electron chi connectivity index (χ1n) is 9.76. The van der Waals surface area contributed by atoms with Gasteiger partial charge in [-0.05, 0) is 49.1 Å². The molecule has 1 fully saturated rings. The highest BCUT2D eigenvalue weighted by atomic mass is 79.9.